The van der Waals surface area contributed by atoms with Gasteiger partial charge in [0, 0.05) is 5.56 Å². The van der Waals surface area contributed by atoms with Gasteiger partial charge < -0.3 is 10.2 Å². The third-order valence-corrected chi connectivity index (χ3v) is 2.79. The number of aromatic hydroxyl groups is 1. The SMILES string of the molecule is Cc1ccc(C(C)O)c(O)c1Br. The van der Waals surface area contributed by atoms with E-state index < -0.39 is 6.10 Å². The van der Waals surface area contributed by atoms with E-state index in [1.165, 1.54) is 0 Å². The summed E-state index contributed by atoms with van der Waals surface area (Å²) in [5.74, 6) is 0.130. The zero-order chi connectivity index (χ0) is 9.30. The van der Waals surface area contributed by atoms with Crippen LogP contribution >= 0.6 is 15.9 Å². The number of hydrogen-bond donors (Lipinski definition) is 2. The van der Waals surface area contributed by atoms with Gasteiger partial charge in [0.1, 0.15) is 5.75 Å². The zero-order valence-corrected chi connectivity index (χ0v) is 8.59. The van der Waals surface area contributed by atoms with E-state index in [-0.39, 0.29) is 5.75 Å². The predicted octanol–water partition coefficient (Wildman–Crippen LogP) is 2.52. The normalized spacial score (nSPS) is 13.0. The molecule has 0 aliphatic carbocycles. The number of rotatable bonds is 1. The van der Waals surface area contributed by atoms with Gasteiger partial charge in [0.25, 0.3) is 0 Å². The van der Waals surface area contributed by atoms with E-state index in [2.05, 4.69) is 15.9 Å². The molecule has 0 bridgehead atoms. The highest BCUT2D eigenvalue weighted by atomic mass is 79.9. The zero-order valence-electron chi connectivity index (χ0n) is 7.00. The summed E-state index contributed by atoms with van der Waals surface area (Å²) < 4.78 is 0.654. The lowest BCUT2D eigenvalue weighted by molar-refractivity contribution is 0.195. The fourth-order valence-electron chi connectivity index (χ4n) is 1.02. The molecule has 0 spiro atoms. The molecule has 1 aromatic rings. The first-order chi connectivity index (χ1) is 5.54. The lowest BCUT2D eigenvalue weighted by Gasteiger charge is -2.10. The standard InChI is InChI=1S/C9H11BrO2/c1-5-3-4-7(6(2)11)9(12)8(5)10/h3-4,6,11-12H,1-2H3. The van der Waals surface area contributed by atoms with Crippen LogP contribution in [0.1, 0.15) is 24.2 Å². The summed E-state index contributed by atoms with van der Waals surface area (Å²) in [6, 6.07) is 3.58. The Morgan fingerprint density at radius 3 is 2.50 bits per heavy atom. The molecule has 0 amide bonds. The number of aliphatic hydroxyl groups is 1. The van der Waals surface area contributed by atoms with Gasteiger partial charge in [-0.05, 0) is 35.3 Å². The van der Waals surface area contributed by atoms with Crippen LogP contribution in [-0.2, 0) is 0 Å². The molecule has 0 aliphatic rings. The van der Waals surface area contributed by atoms with E-state index in [9.17, 15) is 10.2 Å². The molecule has 0 heterocycles. The predicted molar refractivity (Wildman–Crippen MR) is 51.2 cm³/mol. The lowest BCUT2D eigenvalue weighted by Crippen LogP contribution is -1.92. The molecular formula is C9H11BrO2. The Morgan fingerprint density at radius 2 is 2.00 bits per heavy atom. The third-order valence-electron chi connectivity index (χ3n) is 1.79. The van der Waals surface area contributed by atoms with E-state index in [4.69, 9.17) is 0 Å². The Balaban J connectivity index is 3.27. The summed E-state index contributed by atoms with van der Waals surface area (Å²) in [6.45, 7) is 3.51. The van der Waals surface area contributed by atoms with Crippen molar-refractivity contribution in [1.29, 1.82) is 0 Å². The summed E-state index contributed by atoms with van der Waals surface area (Å²) >= 11 is 3.24. The maximum absolute atomic E-state index is 9.54. The topological polar surface area (TPSA) is 40.5 Å². The van der Waals surface area contributed by atoms with Crippen LogP contribution in [0.5, 0.6) is 5.75 Å². The highest BCUT2D eigenvalue weighted by Gasteiger charge is 2.11. The number of phenolic OH excluding ortho intramolecular Hbond substituents is 1. The Hall–Kier alpha value is -0.540. The van der Waals surface area contributed by atoms with Gasteiger partial charge in [0.2, 0.25) is 0 Å². The van der Waals surface area contributed by atoms with Gasteiger partial charge in [-0.1, -0.05) is 12.1 Å². The van der Waals surface area contributed by atoms with Crippen molar-refractivity contribution in [2.24, 2.45) is 0 Å². The van der Waals surface area contributed by atoms with Crippen molar-refractivity contribution in [2.75, 3.05) is 0 Å². The summed E-state index contributed by atoms with van der Waals surface area (Å²) in [6.07, 6.45) is -0.637. The highest BCUT2D eigenvalue weighted by molar-refractivity contribution is 9.10. The van der Waals surface area contributed by atoms with E-state index in [0.717, 1.165) is 5.56 Å². The van der Waals surface area contributed by atoms with E-state index in [1.54, 1.807) is 13.0 Å². The molecule has 1 rings (SSSR count). The van der Waals surface area contributed by atoms with Crippen LogP contribution in [0.2, 0.25) is 0 Å². The van der Waals surface area contributed by atoms with Crippen molar-refractivity contribution in [2.45, 2.75) is 20.0 Å². The second kappa shape index (κ2) is 3.46. The summed E-state index contributed by atoms with van der Waals surface area (Å²) in [7, 11) is 0. The van der Waals surface area contributed by atoms with Crippen molar-refractivity contribution in [3.05, 3.63) is 27.7 Å². The third kappa shape index (κ3) is 1.62. The maximum atomic E-state index is 9.54. The molecule has 0 fully saturated rings. The summed E-state index contributed by atoms with van der Waals surface area (Å²) in [5.41, 5.74) is 1.50. The van der Waals surface area contributed by atoms with Crippen LogP contribution in [-0.4, -0.2) is 10.2 Å². The molecule has 2 nitrogen and oxygen atoms in total. The van der Waals surface area contributed by atoms with Crippen molar-refractivity contribution in [3.63, 3.8) is 0 Å². The molecule has 66 valence electrons. The van der Waals surface area contributed by atoms with Crippen LogP contribution < -0.4 is 0 Å². The Labute approximate surface area is 80.0 Å². The molecule has 0 radical (unpaired) electrons. The monoisotopic (exact) mass is 230 g/mol. The highest BCUT2D eigenvalue weighted by Crippen LogP contribution is 2.33. The van der Waals surface area contributed by atoms with E-state index in [0.29, 0.717) is 10.0 Å². The van der Waals surface area contributed by atoms with Crippen molar-refractivity contribution < 1.29 is 10.2 Å². The first-order valence-electron chi connectivity index (χ1n) is 3.70. The number of aliphatic hydroxyl groups excluding tert-OH is 1. The molecule has 0 saturated carbocycles. The average molecular weight is 231 g/mol. The fraction of sp³-hybridized carbons (Fsp3) is 0.333. The Kier molecular flexibility index (Phi) is 2.75. The van der Waals surface area contributed by atoms with E-state index >= 15 is 0 Å². The first kappa shape index (κ1) is 9.55. The first-order valence-corrected chi connectivity index (χ1v) is 4.49. The van der Waals surface area contributed by atoms with Gasteiger partial charge in [0.15, 0.2) is 0 Å². The number of phenols is 1. The van der Waals surface area contributed by atoms with Crippen molar-refractivity contribution in [1.82, 2.24) is 0 Å². The second-order valence-corrected chi connectivity index (χ2v) is 3.60. The quantitative estimate of drug-likeness (QED) is 0.779. The fourth-order valence-corrected chi connectivity index (χ4v) is 1.38. The second-order valence-electron chi connectivity index (χ2n) is 2.81. The van der Waals surface area contributed by atoms with Gasteiger partial charge >= 0.3 is 0 Å². The minimum absolute atomic E-state index is 0.130. The molecule has 0 aromatic heterocycles. The van der Waals surface area contributed by atoms with Crippen LogP contribution in [0, 0.1) is 6.92 Å². The average Bonchev–Trinajstić information content (AvgIpc) is 2.00. The molecular weight excluding hydrogens is 220 g/mol. The summed E-state index contributed by atoms with van der Waals surface area (Å²) in [5, 5.41) is 18.8. The Morgan fingerprint density at radius 1 is 1.42 bits per heavy atom. The Bertz CT molecular complexity index is 295. The molecule has 1 aromatic carbocycles. The number of halogens is 1. The molecule has 1 unspecified atom stereocenters. The molecule has 1 atom stereocenters. The minimum atomic E-state index is -0.637. The van der Waals surface area contributed by atoms with Crippen molar-refractivity contribution >= 4 is 15.9 Å². The largest absolute Gasteiger partial charge is 0.506 e. The molecule has 0 aliphatic heterocycles. The maximum Gasteiger partial charge on any atom is 0.135 e. The smallest absolute Gasteiger partial charge is 0.135 e. The number of benzene rings is 1. The molecule has 3 heteroatoms. The van der Waals surface area contributed by atoms with Crippen molar-refractivity contribution in [3.8, 4) is 5.75 Å². The lowest BCUT2D eigenvalue weighted by atomic mass is 10.1. The summed E-state index contributed by atoms with van der Waals surface area (Å²) in [4.78, 5) is 0. The van der Waals surface area contributed by atoms with E-state index in [1.807, 2.05) is 13.0 Å². The number of hydrogen-bond acceptors (Lipinski definition) is 2. The molecule has 2 N–H and O–H groups in total. The van der Waals surface area contributed by atoms with Gasteiger partial charge in [-0.3, -0.25) is 0 Å². The van der Waals surface area contributed by atoms with Crippen LogP contribution in [0.4, 0.5) is 0 Å². The van der Waals surface area contributed by atoms with Crippen LogP contribution in [0.15, 0.2) is 16.6 Å². The van der Waals surface area contributed by atoms with Crippen LogP contribution in [0.3, 0.4) is 0 Å². The van der Waals surface area contributed by atoms with Gasteiger partial charge in [-0.15, -0.1) is 0 Å². The van der Waals surface area contributed by atoms with Gasteiger partial charge in [0.05, 0.1) is 10.6 Å². The molecule has 12 heavy (non-hydrogen) atoms. The minimum Gasteiger partial charge on any atom is -0.506 e. The van der Waals surface area contributed by atoms with Crippen LogP contribution in [0.25, 0.3) is 0 Å². The number of aryl methyl sites for hydroxylation is 1. The molecule has 0 saturated heterocycles. The van der Waals surface area contributed by atoms with Gasteiger partial charge in [-0.25, -0.2) is 0 Å². The van der Waals surface area contributed by atoms with Gasteiger partial charge in [-0.2, -0.15) is 0 Å².